The summed E-state index contributed by atoms with van der Waals surface area (Å²) in [5.74, 6) is 2.71. The summed E-state index contributed by atoms with van der Waals surface area (Å²) in [6, 6.07) is 24.0. The monoisotopic (exact) mass is 513 g/mol. The highest BCUT2D eigenvalue weighted by molar-refractivity contribution is 5.94. The van der Waals surface area contributed by atoms with E-state index in [4.69, 9.17) is 14.5 Å². The number of ether oxygens (including phenoxy) is 2. The van der Waals surface area contributed by atoms with Gasteiger partial charge in [0.1, 0.15) is 17.3 Å². The summed E-state index contributed by atoms with van der Waals surface area (Å²) in [4.78, 5) is 17.3. The van der Waals surface area contributed by atoms with E-state index >= 15 is 0 Å². The van der Waals surface area contributed by atoms with E-state index in [0.29, 0.717) is 17.9 Å². The van der Waals surface area contributed by atoms with Gasteiger partial charge in [-0.2, -0.15) is 0 Å². The number of rotatable bonds is 15. The van der Waals surface area contributed by atoms with Crippen molar-refractivity contribution >= 4 is 16.9 Å². The van der Waals surface area contributed by atoms with Gasteiger partial charge in [0.25, 0.3) is 5.91 Å². The van der Waals surface area contributed by atoms with Crippen molar-refractivity contribution in [2.24, 2.45) is 0 Å². The minimum absolute atomic E-state index is 0.0624. The molecular formula is C32H39N3O3. The van der Waals surface area contributed by atoms with Crippen molar-refractivity contribution in [3.63, 3.8) is 0 Å². The molecule has 200 valence electrons. The van der Waals surface area contributed by atoms with Crippen LogP contribution in [0.4, 0.5) is 0 Å². The summed E-state index contributed by atoms with van der Waals surface area (Å²) in [5, 5.41) is 3.01. The molecule has 0 bridgehead atoms. The molecule has 0 unspecified atom stereocenters. The zero-order chi connectivity index (χ0) is 26.6. The predicted octanol–water partition coefficient (Wildman–Crippen LogP) is 6.61. The quantitative estimate of drug-likeness (QED) is 0.182. The predicted molar refractivity (Wildman–Crippen MR) is 153 cm³/mol. The molecule has 4 rings (SSSR count). The average molecular weight is 514 g/mol. The Morgan fingerprint density at radius 1 is 0.895 bits per heavy atom. The Bertz CT molecular complexity index is 1300. The van der Waals surface area contributed by atoms with Gasteiger partial charge in [-0.1, -0.05) is 43.7 Å². The number of nitrogens with zero attached hydrogens (tertiary/aromatic N) is 2. The Morgan fingerprint density at radius 2 is 1.74 bits per heavy atom. The Morgan fingerprint density at radius 3 is 2.55 bits per heavy atom. The lowest BCUT2D eigenvalue weighted by molar-refractivity contribution is 0.0952. The van der Waals surface area contributed by atoms with Crippen molar-refractivity contribution in [1.29, 1.82) is 0 Å². The molecule has 0 aliphatic rings. The van der Waals surface area contributed by atoms with Crippen LogP contribution in [0.25, 0.3) is 11.0 Å². The van der Waals surface area contributed by atoms with Crippen LogP contribution < -0.4 is 14.8 Å². The molecule has 0 saturated heterocycles. The second-order valence-corrected chi connectivity index (χ2v) is 9.52. The van der Waals surface area contributed by atoms with E-state index in [-0.39, 0.29) is 5.91 Å². The fourth-order valence-corrected chi connectivity index (χ4v) is 4.60. The smallest absolute Gasteiger partial charge is 0.251 e. The lowest BCUT2D eigenvalue weighted by atomic mass is 10.1. The number of hydrogen-bond donors (Lipinski definition) is 1. The summed E-state index contributed by atoms with van der Waals surface area (Å²) in [6.45, 7) is 4.47. The first-order valence-electron chi connectivity index (χ1n) is 13.8. The number of imidazole rings is 1. The molecule has 38 heavy (non-hydrogen) atoms. The van der Waals surface area contributed by atoms with Gasteiger partial charge in [0.05, 0.1) is 24.8 Å². The lowest BCUT2D eigenvalue weighted by Gasteiger charge is -2.11. The number of carbonyl (C=O) groups excluding carboxylic acids is 1. The van der Waals surface area contributed by atoms with Crippen molar-refractivity contribution < 1.29 is 14.3 Å². The minimum atomic E-state index is -0.0624. The second kappa shape index (κ2) is 14.2. The molecule has 0 fully saturated rings. The SMILES string of the molecule is CCc1ccc(OCCCCn2c(CCCCCNC(=O)c3cccc(OC)c3)nc3ccccc32)cc1. The van der Waals surface area contributed by atoms with Gasteiger partial charge in [-0.05, 0) is 80.1 Å². The second-order valence-electron chi connectivity index (χ2n) is 9.52. The van der Waals surface area contributed by atoms with Gasteiger partial charge < -0.3 is 19.4 Å². The minimum Gasteiger partial charge on any atom is -0.497 e. The fourth-order valence-electron chi connectivity index (χ4n) is 4.60. The number of amides is 1. The van der Waals surface area contributed by atoms with E-state index in [1.54, 1.807) is 19.2 Å². The molecule has 0 spiro atoms. The molecule has 0 aliphatic carbocycles. The maximum absolute atomic E-state index is 12.4. The normalized spacial score (nSPS) is 11.0. The molecule has 1 amide bonds. The largest absolute Gasteiger partial charge is 0.497 e. The molecule has 1 heterocycles. The number of hydrogen-bond acceptors (Lipinski definition) is 4. The summed E-state index contributed by atoms with van der Waals surface area (Å²) in [7, 11) is 1.60. The van der Waals surface area contributed by atoms with Crippen LogP contribution in [-0.2, 0) is 19.4 Å². The van der Waals surface area contributed by atoms with Crippen molar-refractivity contribution in [3.8, 4) is 11.5 Å². The average Bonchev–Trinajstić information content (AvgIpc) is 3.32. The van der Waals surface area contributed by atoms with E-state index in [2.05, 4.69) is 59.3 Å². The molecule has 0 aliphatic heterocycles. The number of unbranched alkanes of at least 4 members (excludes halogenated alkanes) is 3. The summed E-state index contributed by atoms with van der Waals surface area (Å²) in [6.07, 6.45) is 7.01. The number of methoxy groups -OCH3 is 1. The lowest BCUT2D eigenvalue weighted by Crippen LogP contribution is -2.24. The zero-order valence-electron chi connectivity index (χ0n) is 22.6. The standard InChI is InChI=1S/C32H39N3O3/c1-3-25-17-19-27(20-18-25)38-23-10-9-22-35-30-15-7-6-14-29(30)34-31(35)16-5-4-8-21-33-32(36)26-12-11-13-28(24-26)37-2/h6-7,11-15,17-20,24H,3-5,8-10,16,21-23H2,1-2H3,(H,33,36). The zero-order valence-corrected chi connectivity index (χ0v) is 22.6. The number of benzene rings is 3. The van der Waals surface area contributed by atoms with Crippen LogP contribution in [0.15, 0.2) is 72.8 Å². The topological polar surface area (TPSA) is 65.4 Å². The van der Waals surface area contributed by atoms with Gasteiger partial charge in [-0.15, -0.1) is 0 Å². The van der Waals surface area contributed by atoms with E-state index in [1.807, 2.05) is 18.2 Å². The third-order valence-corrected chi connectivity index (χ3v) is 6.80. The summed E-state index contributed by atoms with van der Waals surface area (Å²) >= 11 is 0. The first-order valence-corrected chi connectivity index (χ1v) is 13.8. The van der Waals surface area contributed by atoms with Gasteiger partial charge in [-0.3, -0.25) is 4.79 Å². The third kappa shape index (κ3) is 7.60. The number of aryl methyl sites for hydroxylation is 3. The maximum atomic E-state index is 12.4. The van der Waals surface area contributed by atoms with Crippen LogP contribution in [0.5, 0.6) is 11.5 Å². The van der Waals surface area contributed by atoms with Crippen molar-refractivity contribution in [2.45, 2.75) is 58.4 Å². The third-order valence-electron chi connectivity index (χ3n) is 6.80. The Balaban J connectivity index is 1.21. The van der Waals surface area contributed by atoms with Gasteiger partial charge in [0, 0.05) is 25.1 Å². The van der Waals surface area contributed by atoms with E-state index in [9.17, 15) is 4.79 Å². The van der Waals surface area contributed by atoms with Crippen molar-refractivity contribution in [3.05, 3.63) is 89.7 Å². The Labute approximate surface area is 226 Å². The molecule has 3 aromatic carbocycles. The molecule has 0 saturated carbocycles. The van der Waals surface area contributed by atoms with Crippen LogP contribution in [-0.4, -0.2) is 35.7 Å². The fraction of sp³-hybridized carbons (Fsp3) is 0.375. The number of carbonyl (C=O) groups is 1. The van der Waals surface area contributed by atoms with Crippen LogP contribution >= 0.6 is 0 Å². The molecule has 1 aromatic heterocycles. The van der Waals surface area contributed by atoms with Crippen LogP contribution in [0.3, 0.4) is 0 Å². The van der Waals surface area contributed by atoms with Gasteiger partial charge >= 0.3 is 0 Å². The number of fused-ring (bicyclic) bond motifs is 1. The highest BCUT2D eigenvalue weighted by Crippen LogP contribution is 2.19. The van der Waals surface area contributed by atoms with E-state index < -0.39 is 0 Å². The van der Waals surface area contributed by atoms with Crippen LogP contribution in [0.2, 0.25) is 0 Å². The molecule has 4 aromatic rings. The Hall–Kier alpha value is -3.80. The first kappa shape index (κ1) is 27.2. The van der Waals surface area contributed by atoms with Gasteiger partial charge in [0.15, 0.2) is 0 Å². The molecule has 0 atom stereocenters. The molecule has 6 nitrogen and oxygen atoms in total. The van der Waals surface area contributed by atoms with Crippen molar-refractivity contribution in [2.75, 3.05) is 20.3 Å². The van der Waals surface area contributed by atoms with E-state index in [0.717, 1.165) is 75.2 Å². The number of nitrogens with one attached hydrogen (secondary N) is 1. The first-order chi connectivity index (χ1) is 18.7. The van der Waals surface area contributed by atoms with Crippen LogP contribution in [0, 0.1) is 0 Å². The Kier molecular flexibility index (Phi) is 10.2. The number of para-hydroxylation sites is 2. The molecule has 6 heteroatoms. The van der Waals surface area contributed by atoms with Crippen LogP contribution in [0.1, 0.15) is 60.8 Å². The van der Waals surface area contributed by atoms with E-state index in [1.165, 1.54) is 11.1 Å². The molecular weight excluding hydrogens is 474 g/mol. The number of aromatic nitrogens is 2. The summed E-state index contributed by atoms with van der Waals surface area (Å²) < 4.78 is 13.5. The van der Waals surface area contributed by atoms with Gasteiger partial charge in [-0.25, -0.2) is 4.98 Å². The van der Waals surface area contributed by atoms with Crippen molar-refractivity contribution in [1.82, 2.24) is 14.9 Å². The highest BCUT2D eigenvalue weighted by atomic mass is 16.5. The van der Waals surface area contributed by atoms with Gasteiger partial charge in [0.2, 0.25) is 0 Å². The highest BCUT2D eigenvalue weighted by Gasteiger charge is 2.10. The maximum Gasteiger partial charge on any atom is 0.251 e. The summed E-state index contributed by atoms with van der Waals surface area (Å²) in [5.41, 5.74) is 4.21. The molecule has 1 N–H and O–H groups in total. The molecule has 0 radical (unpaired) electrons.